The van der Waals surface area contributed by atoms with Gasteiger partial charge in [0.15, 0.2) is 5.16 Å². The quantitative estimate of drug-likeness (QED) is 0.740. The molecular weight excluding hydrogens is 218 g/mol. The number of nitrogens with zero attached hydrogens (tertiary/aromatic N) is 2. The monoisotopic (exact) mass is 233 g/mol. The molecule has 0 saturated carbocycles. The second kappa shape index (κ2) is 4.11. The molecule has 0 atom stereocenters. The number of hydrogen-bond donors (Lipinski definition) is 2. The molecule has 0 radical (unpaired) electrons. The Kier molecular flexibility index (Phi) is 2.61. The van der Waals surface area contributed by atoms with Crippen LogP contribution in [0.5, 0.6) is 0 Å². The van der Waals surface area contributed by atoms with E-state index in [2.05, 4.69) is 39.6 Å². The van der Waals surface area contributed by atoms with Gasteiger partial charge in [-0.1, -0.05) is 12.1 Å². The molecule has 1 aromatic carbocycles. The van der Waals surface area contributed by atoms with E-state index in [1.54, 1.807) is 0 Å². The van der Waals surface area contributed by atoms with Crippen LogP contribution in [0, 0.1) is 0 Å². The topological polar surface area (TPSA) is 29.9 Å². The Morgan fingerprint density at radius 3 is 2.81 bits per heavy atom. The number of fused-ring (bicyclic) bond motifs is 1. The molecule has 1 N–H and O–H groups in total. The summed E-state index contributed by atoms with van der Waals surface area (Å²) in [5.41, 5.74) is 2.26. The molecule has 3 rings (SSSR count). The van der Waals surface area contributed by atoms with Crippen molar-refractivity contribution >= 4 is 23.7 Å². The van der Waals surface area contributed by atoms with E-state index in [9.17, 15) is 0 Å². The summed E-state index contributed by atoms with van der Waals surface area (Å²) in [6.07, 6.45) is 2.32. The van der Waals surface area contributed by atoms with Crippen molar-refractivity contribution in [1.29, 1.82) is 0 Å². The Morgan fingerprint density at radius 2 is 2.00 bits per heavy atom. The number of para-hydroxylation sites is 2. The lowest BCUT2D eigenvalue weighted by molar-refractivity contribution is 0.358. The Hall–Kier alpha value is -1.00. The molecule has 1 saturated heterocycles. The van der Waals surface area contributed by atoms with Crippen LogP contribution in [-0.2, 0) is 0 Å². The van der Waals surface area contributed by atoms with Crippen LogP contribution in [-0.4, -0.2) is 22.6 Å². The highest BCUT2D eigenvalue weighted by atomic mass is 32.1. The predicted molar refractivity (Wildman–Crippen MR) is 68.1 cm³/mol. The Labute approximate surface area is 100 Å². The van der Waals surface area contributed by atoms with Gasteiger partial charge in [-0.25, -0.2) is 4.98 Å². The molecule has 2 aromatic rings. The van der Waals surface area contributed by atoms with E-state index < -0.39 is 0 Å². The van der Waals surface area contributed by atoms with Gasteiger partial charge in [0.2, 0.25) is 0 Å². The van der Waals surface area contributed by atoms with Crippen LogP contribution in [0.15, 0.2) is 29.4 Å². The van der Waals surface area contributed by atoms with Crippen molar-refractivity contribution in [3.8, 4) is 0 Å². The maximum atomic E-state index is 4.50. The first-order chi connectivity index (χ1) is 7.86. The van der Waals surface area contributed by atoms with Crippen molar-refractivity contribution in [2.45, 2.75) is 24.0 Å². The minimum atomic E-state index is 0.543. The third-order valence-electron chi connectivity index (χ3n) is 3.25. The average Bonchev–Trinajstić information content (AvgIpc) is 2.66. The number of rotatable bonds is 1. The first-order valence-electron chi connectivity index (χ1n) is 5.73. The van der Waals surface area contributed by atoms with Gasteiger partial charge < -0.3 is 9.88 Å². The maximum absolute atomic E-state index is 4.50. The third kappa shape index (κ3) is 1.62. The van der Waals surface area contributed by atoms with Gasteiger partial charge in [-0.2, -0.15) is 0 Å². The third-order valence-corrected chi connectivity index (χ3v) is 3.57. The normalized spacial score (nSPS) is 18.1. The van der Waals surface area contributed by atoms with E-state index in [0.717, 1.165) is 36.6 Å². The van der Waals surface area contributed by atoms with Crippen molar-refractivity contribution in [2.75, 3.05) is 13.1 Å². The number of hydrogen-bond acceptors (Lipinski definition) is 3. The van der Waals surface area contributed by atoms with Gasteiger partial charge in [0.05, 0.1) is 11.0 Å². The van der Waals surface area contributed by atoms with Crippen LogP contribution in [0.3, 0.4) is 0 Å². The summed E-state index contributed by atoms with van der Waals surface area (Å²) >= 11 is 4.50. The summed E-state index contributed by atoms with van der Waals surface area (Å²) in [7, 11) is 0. The zero-order valence-corrected chi connectivity index (χ0v) is 9.95. The van der Waals surface area contributed by atoms with Crippen LogP contribution in [0.25, 0.3) is 11.0 Å². The van der Waals surface area contributed by atoms with E-state index in [1.807, 2.05) is 12.1 Å². The minimum Gasteiger partial charge on any atom is -0.317 e. The number of piperidine rings is 1. The highest BCUT2D eigenvalue weighted by Crippen LogP contribution is 2.28. The van der Waals surface area contributed by atoms with E-state index in [1.165, 1.54) is 5.52 Å². The molecule has 0 aliphatic carbocycles. The molecule has 3 nitrogen and oxygen atoms in total. The average molecular weight is 233 g/mol. The van der Waals surface area contributed by atoms with Gasteiger partial charge in [0.25, 0.3) is 0 Å². The van der Waals surface area contributed by atoms with Crippen LogP contribution in [0.4, 0.5) is 0 Å². The lowest BCUT2D eigenvalue weighted by Crippen LogP contribution is -2.29. The molecule has 1 aromatic heterocycles. The SMILES string of the molecule is Sc1nc2ccccc2n1C1CCNCC1. The molecule has 0 unspecified atom stereocenters. The number of nitrogens with one attached hydrogen (secondary N) is 1. The summed E-state index contributed by atoms with van der Waals surface area (Å²) in [5, 5.41) is 4.23. The lowest BCUT2D eigenvalue weighted by Gasteiger charge is -2.25. The number of aromatic nitrogens is 2. The van der Waals surface area contributed by atoms with Crippen molar-refractivity contribution < 1.29 is 0 Å². The van der Waals surface area contributed by atoms with Gasteiger partial charge in [-0.3, -0.25) is 0 Å². The summed E-state index contributed by atoms with van der Waals surface area (Å²) in [6, 6.07) is 8.81. The first-order valence-corrected chi connectivity index (χ1v) is 6.17. The van der Waals surface area contributed by atoms with Gasteiger partial charge >= 0.3 is 0 Å². The highest BCUT2D eigenvalue weighted by Gasteiger charge is 2.19. The molecule has 1 fully saturated rings. The molecule has 4 heteroatoms. The predicted octanol–water partition coefficient (Wildman–Crippen LogP) is 2.25. The molecule has 2 heterocycles. The van der Waals surface area contributed by atoms with E-state index in [-0.39, 0.29) is 0 Å². The largest absolute Gasteiger partial charge is 0.317 e. The van der Waals surface area contributed by atoms with Crippen molar-refractivity contribution in [1.82, 2.24) is 14.9 Å². The summed E-state index contributed by atoms with van der Waals surface area (Å²) in [5.74, 6) is 0. The molecular formula is C12H15N3S. The number of thiol groups is 1. The van der Waals surface area contributed by atoms with Gasteiger partial charge in [0, 0.05) is 6.04 Å². The van der Waals surface area contributed by atoms with Crippen molar-refractivity contribution in [3.05, 3.63) is 24.3 Å². The zero-order valence-electron chi connectivity index (χ0n) is 9.06. The number of benzene rings is 1. The van der Waals surface area contributed by atoms with Crippen LogP contribution >= 0.6 is 12.6 Å². The summed E-state index contributed by atoms with van der Waals surface area (Å²) in [6.45, 7) is 2.18. The fraction of sp³-hybridized carbons (Fsp3) is 0.417. The van der Waals surface area contributed by atoms with Crippen LogP contribution in [0.1, 0.15) is 18.9 Å². The molecule has 0 bridgehead atoms. The smallest absolute Gasteiger partial charge is 0.166 e. The Bertz CT molecular complexity index is 500. The van der Waals surface area contributed by atoms with E-state index in [4.69, 9.17) is 0 Å². The van der Waals surface area contributed by atoms with Crippen LogP contribution < -0.4 is 5.32 Å². The van der Waals surface area contributed by atoms with E-state index >= 15 is 0 Å². The Balaban J connectivity index is 2.10. The molecule has 0 spiro atoms. The summed E-state index contributed by atoms with van der Waals surface area (Å²) in [4.78, 5) is 4.50. The summed E-state index contributed by atoms with van der Waals surface area (Å²) < 4.78 is 2.28. The number of imidazole rings is 1. The van der Waals surface area contributed by atoms with Gasteiger partial charge in [-0.05, 0) is 38.1 Å². The minimum absolute atomic E-state index is 0.543. The van der Waals surface area contributed by atoms with Gasteiger partial charge in [0.1, 0.15) is 0 Å². The van der Waals surface area contributed by atoms with Crippen molar-refractivity contribution in [3.63, 3.8) is 0 Å². The second-order valence-electron chi connectivity index (χ2n) is 4.25. The van der Waals surface area contributed by atoms with E-state index in [0.29, 0.717) is 6.04 Å². The highest BCUT2D eigenvalue weighted by molar-refractivity contribution is 7.80. The molecule has 1 aliphatic heterocycles. The molecule has 1 aliphatic rings. The fourth-order valence-corrected chi connectivity index (χ4v) is 2.84. The second-order valence-corrected chi connectivity index (χ2v) is 4.65. The van der Waals surface area contributed by atoms with Crippen molar-refractivity contribution in [2.24, 2.45) is 0 Å². The molecule has 0 amide bonds. The first kappa shape index (κ1) is 10.2. The standard InChI is InChI=1S/C12H15N3S/c16-12-14-10-3-1-2-4-11(10)15(12)9-5-7-13-8-6-9/h1-4,9,13H,5-8H2,(H,14,16). The zero-order chi connectivity index (χ0) is 11.0. The van der Waals surface area contributed by atoms with Crippen LogP contribution in [0.2, 0.25) is 0 Å². The maximum Gasteiger partial charge on any atom is 0.166 e. The molecule has 16 heavy (non-hydrogen) atoms. The van der Waals surface area contributed by atoms with Gasteiger partial charge in [-0.15, -0.1) is 12.6 Å². The Morgan fingerprint density at radius 1 is 1.25 bits per heavy atom. The lowest BCUT2D eigenvalue weighted by atomic mass is 10.1. The fourth-order valence-electron chi connectivity index (χ4n) is 2.46. The molecule has 84 valence electrons.